The first kappa shape index (κ1) is 17.1. The molecule has 4 rings (SSSR count). The second-order valence-electron chi connectivity index (χ2n) is 5.70. The van der Waals surface area contributed by atoms with Crippen LogP contribution in [0, 0.1) is 0 Å². The number of ether oxygens (including phenoxy) is 1. The van der Waals surface area contributed by atoms with E-state index in [0.29, 0.717) is 16.7 Å². The van der Waals surface area contributed by atoms with E-state index in [-0.39, 0.29) is 6.23 Å². The summed E-state index contributed by atoms with van der Waals surface area (Å²) in [5, 5.41) is 14.8. The van der Waals surface area contributed by atoms with Gasteiger partial charge in [0.2, 0.25) is 11.0 Å². The Morgan fingerprint density at radius 1 is 1.23 bits per heavy atom. The van der Waals surface area contributed by atoms with Gasteiger partial charge in [-0.2, -0.15) is 4.98 Å². The molecular weight excluding hydrogens is 364 g/mol. The summed E-state index contributed by atoms with van der Waals surface area (Å²) in [6, 6.07) is 12.1. The lowest BCUT2D eigenvalue weighted by Crippen LogP contribution is -2.23. The van der Waals surface area contributed by atoms with Crippen LogP contribution < -0.4 is 10.1 Å². The van der Waals surface area contributed by atoms with Crippen LogP contribution in [0.2, 0.25) is 0 Å². The van der Waals surface area contributed by atoms with Crippen molar-refractivity contribution in [3.63, 3.8) is 0 Å². The largest absolute Gasteiger partial charge is 0.448 e. The number of nitrogens with one attached hydrogen (secondary N) is 1. The van der Waals surface area contributed by atoms with Gasteiger partial charge in [0, 0.05) is 21.9 Å². The van der Waals surface area contributed by atoms with Gasteiger partial charge in [0.25, 0.3) is 0 Å². The highest BCUT2D eigenvalue weighted by Crippen LogP contribution is 2.36. The fourth-order valence-corrected chi connectivity index (χ4v) is 3.84. The minimum absolute atomic E-state index is 0.333. The van der Waals surface area contributed by atoms with Crippen LogP contribution in [0.1, 0.15) is 18.2 Å². The van der Waals surface area contributed by atoms with E-state index in [4.69, 9.17) is 4.74 Å². The number of aromatic nitrogens is 3. The monoisotopic (exact) mass is 382 g/mol. The van der Waals surface area contributed by atoms with E-state index in [0.717, 1.165) is 23.4 Å². The van der Waals surface area contributed by atoms with Crippen LogP contribution in [0.5, 0.6) is 5.88 Å². The molecule has 0 aliphatic carbocycles. The summed E-state index contributed by atoms with van der Waals surface area (Å²) in [5.41, 5.74) is 2.57. The Balaban J connectivity index is 1.70. The predicted molar refractivity (Wildman–Crippen MR) is 108 cm³/mol. The lowest BCUT2D eigenvalue weighted by molar-refractivity contribution is 0.266. The maximum absolute atomic E-state index is 6.14. The quantitative estimate of drug-likeness (QED) is 0.630. The Hall–Kier alpha value is -2.38. The molecule has 0 radical (unpaired) electrons. The van der Waals surface area contributed by atoms with Crippen LogP contribution in [0.25, 0.3) is 17.3 Å². The molecule has 1 aromatic carbocycles. The molecule has 1 atom stereocenters. The summed E-state index contributed by atoms with van der Waals surface area (Å²) in [6.45, 7) is 2.13. The molecule has 1 aliphatic rings. The zero-order valence-electron chi connectivity index (χ0n) is 14.3. The van der Waals surface area contributed by atoms with Crippen LogP contribution >= 0.6 is 23.1 Å². The molecule has 1 aliphatic heterocycles. The van der Waals surface area contributed by atoms with Crippen molar-refractivity contribution >= 4 is 34.9 Å². The van der Waals surface area contributed by atoms with Crippen LogP contribution in [0.15, 0.2) is 53.0 Å². The molecule has 0 saturated carbocycles. The van der Waals surface area contributed by atoms with Gasteiger partial charge in [0.15, 0.2) is 11.9 Å². The van der Waals surface area contributed by atoms with Crippen LogP contribution in [0.4, 0.5) is 5.69 Å². The van der Waals surface area contributed by atoms with E-state index >= 15 is 0 Å². The zero-order chi connectivity index (χ0) is 17.8. The second kappa shape index (κ2) is 7.88. The summed E-state index contributed by atoms with van der Waals surface area (Å²) in [6.07, 6.45) is 4.78. The lowest BCUT2D eigenvalue weighted by Gasteiger charge is -2.15. The molecule has 0 spiro atoms. The Morgan fingerprint density at radius 3 is 3.00 bits per heavy atom. The fourth-order valence-electron chi connectivity index (χ4n) is 2.58. The SMILES string of the molecule is CCCSc1nnc2c(n1)OC(/C=C/c1cccs1)Nc1ccccc1-2. The standard InChI is InChI=1S/C19H18N4OS2/c1-2-11-26-19-21-18-17(22-23-19)14-7-3-4-8-15(14)20-16(24-18)10-9-13-6-5-12-25-13/h3-10,12,16,20H,2,11H2,1H3/b10-9+. The van der Waals surface area contributed by atoms with E-state index in [2.05, 4.69) is 44.9 Å². The Morgan fingerprint density at radius 2 is 2.15 bits per heavy atom. The number of benzene rings is 1. The maximum atomic E-state index is 6.14. The highest BCUT2D eigenvalue weighted by molar-refractivity contribution is 7.99. The Labute approximate surface area is 160 Å². The van der Waals surface area contributed by atoms with Gasteiger partial charge in [-0.25, -0.2) is 0 Å². The molecule has 1 N–H and O–H groups in total. The van der Waals surface area contributed by atoms with Crippen molar-refractivity contribution < 1.29 is 4.74 Å². The van der Waals surface area contributed by atoms with Gasteiger partial charge in [0.1, 0.15) is 0 Å². The van der Waals surface area contributed by atoms with E-state index < -0.39 is 0 Å². The van der Waals surface area contributed by atoms with Crippen molar-refractivity contribution in [2.75, 3.05) is 11.1 Å². The third-order valence-corrected chi connectivity index (χ3v) is 5.65. The van der Waals surface area contributed by atoms with Gasteiger partial charge < -0.3 is 10.1 Å². The molecule has 7 heteroatoms. The number of anilines is 1. The molecule has 2 aromatic heterocycles. The number of thiophene rings is 1. The minimum Gasteiger partial charge on any atom is -0.448 e. The first-order chi connectivity index (χ1) is 12.8. The van der Waals surface area contributed by atoms with Crippen molar-refractivity contribution in [2.24, 2.45) is 0 Å². The summed E-state index contributed by atoms with van der Waals surface area (Å²) in [5.74, 6) is 1.47. The Bertz CT molecular complexity index is 912. The summed E-state index contributed by atoms with van der Waals surface area (Å²) < 4.78 is 6.14. The molecule has 5 nitrogen and oxygen atoms in total. The number of hydrogen-bond acceptors (Lipinski definition) is 7. The van der Waals surface area contributed by atoms with Gasteiger partial charge in [0.05, 0.1) is 0 Å². The Kier molecular flexibility index (Phi) is 5.17. The van der Waals surface area contributed by atoms with Gasteiger partial charge in [-0.1, -0.05) is 43.0 Å². The van der Waals surface area contributed by atoms with Gasteiger partial charge in [-0.3, -0.25) is 0 Å². The molecule has 3 heterocycles. The zero-order valence-corrected chi connectivity index (χ0v) is 15.9. The maximum Gasteiger partial charge on any atom is 0.247 e. The first-order valence-electron chi connectivity index (χ1n) is 8.45. The van der Waals surface area contributed by atoms with Crippen molar-refractivity contribution in [3.8, 4) is 17.1 Å². The molecule has 0 saturated heterocycles. The third-order valence-electron chi connectivity index (χ3n) is 3.77. The molecular formula is C19H18N4OS2. The number of fused-ring (bicyclic) bond motifs is 3. The number of rotatable bonds is 5. The average molecular weight is 383 g/mol. The first-order valence-corrected chi connectivity index (χ1v) is 10.3. The van der Waals surface area contributed by atoms with Gasteiger partial charge in [-0.15, -0.1) is 21.5 Å². The highest BCUT2D eigenvalue weighted by atomic mass is 32.2. The third kappa shape index (κ3) is 3.73. The van der Waals surface area contributed by atoms with Gasteiger partial charge in [-0.05, 0) is 36.1 Å². The number of nitrogens with zero attached hydrogens (tertiary/aromatic N) is 3. The van der Waals surface area contributed by atoms with Crippen molar-refractivity contribution in [1.29, 1.82) is 0 Å². The van der Waals surface area contributed by atoms with Crippen LogP contribution in [-0.2, 0) is 0 Å². The van der Waals surface area contributed by atoms with E-state index in [1.807, 2.05) is 36.4 Å². The molecule has 3 aromatic rings. The normalized spacial score (nSPS) is 15.7. The molecule has 26 heavy (non-hydrogen) atoms. The van der Waals surface area contributed by atoms with Gasteiger partial charge >= 0.3 is 0 Å². The van der Waals surface area contributed by atoms with E-state index in [9.17, 15) is 0 Å². The summed E-state index contributed by atoms with van der Waals surface area (Å²) in [7, 11) is 0. The number of hydrogen-bond donors (Lipinski definition) is 1. The van der Waals surface area contributed by atoms with Crippen molar-refractivity contribution in [1.82, 2.24) is 15.2 Å². The summed E-state index contributed by atoms with van der Waals surface area (Å²) in [4.78, 5) is 5.77. The molecule has 0 bridgehead atoms. The smallest absolute Gasteiger partial charge is 0.247 e. The summed E-state index contributed by atoms with van der Waals surface area (Å²) >= 11 is 3.28. The van der Waals surface area contributed by atoms with E-state index in [1.165, 1.54) is 4.88 Å². The molecule has 1 unspecified atom stereocenters. The minimum atomic E-state index is -0.333. The lowest BCUT2D eigenvalue weighted by atomic mass is 10.1. The van der Waals surface area contributed by atoms with E-state index in [1.54, 1.807) is 23.1 Å². The van der Waals surface area contributed by atoms with Crippen molar-refractivity contribution in [2.45, 2.75) is 24.7 Å². The molecule has 0 amide bonds. The fraction of sp³-hybridized carbons (Fsp3) is 0.211. The predicted octanol–water partition coefficient (Wildman–Crippen LogP) is 4.95. The average Bonchev–Trinajstić information content (AvgIpc) is 3.13. The van der Waals surface area contributed by atoms with Crippen LogP contribution in [0.3, 0.4) is 0 Å². The number of thioether (sulfide) groups is 1. The molecule has 132 valence electrons. The highest BCUT2D eigenvalue weighted by Gasteiger charge is 2.23. The molecule has 0 fully saturated rings. The second-order valence-corrected chi connectivity index (χ2v) is 7.74. The van der Waals surface area contributed by atoms with Crippen LogP contribution in [-0.4, -0.2) is 27.2 Å². The topological polar surface area (TPSA) is 59.9 Å². The van der Waals surface area contributed by atoms with Crippen molar-refractivity contribution in [3.05, 3.63) is 52.7 Å². The number of para-hydroxylation sites is 1.